The van der Waals surface area contributed by atoms with Crippen molar-refractivity contribution in [1.82, 2.24) is 4.98 Å². The van der Waals surface area contributed by atoms with Crippen molar-refractivity contribution in [2.75, 3.05) is 0 Å². The molecule has 0 saturated heterocycles. The number of hydrogen-bond acceptors (Lipinski definition) is 2. The van der Waals surface area contributed by atoms with Gasteiger partial charge in [-0.05, 0) is 43.2 Å². The maximum Gasteiger partial charge on any atom is 0.213 e. The van der Waals surface area contributed by atoms with Gasteiger partial charge in [-0.2, -0.15) is 0 Å². The van der Waals surface area contributed by atoms with Crippen LogP contribution in [0.25, 0.3) is 0 Å². The number of fused-ring (bicyclic) bond motifs is 1. The second-order valence-electron chi connectivity index (χ2n) is 4.86. The van der Waals surface area contributed by atoms with E-state index in [2.05, 4.69) is 24.9 Å². The van der Waals surface area contributed by atoms with Gasteiger partial charge in [0.05, 0.1) is 6.10 Å². The first-order valence-corrected chi connectivity index (χ1v) is 5.74. The molecule has 0 aromatic carbocycles. The van der Waals surface area contributed by atoms with Gasteiger partial charge >= 0.3 is 0 Å². The topological polar surface area (TPSA) is 22.1 Å². The molecule has 1 aromatic heterocycles. The van der Waals surface area contributed by atoms with Gasteiger partial charge in [-0.3, -0.25) is 0 Å². The van der Waals surface area contributed by atoms with Crippen molar-refractivity contribution < 1.29 is 4.74 Å². The molecular weight excluding hydrogens is 186 g/mol. The number of ether oxygens (including phenoxy) is 1. The Hall–Kier alpha value is -1.05. The summed E-state index contributed by atoms with van der Waals surface area (Å²) in [6.45, 7) is 8.61. The maximum atomic E-state index is 5.61. The van der Waals surface area contributed by atoms with Gasteiger partial charge in [0.15, 0.2) is 0 Å². The lowest BCUT2D eigenvalue weighted by Gasteiger charge is -2.11. The zero-order valence-corrected chi connectivity index (χ0v) is 9.95. The Morgan fingerprint density at radius 3 is 2.60 bits per heavy atom. The first-order valence-electron chi connectivity index (χ1n) is 5.74. The van der Waals surface area contributed by atoms with Gasteiger partial charge in [0.25, 0.3) is 0 Å². The molecule has 2 rings (SSSR count). The molecule has 0 spiro atoms. The van der Waals surface area contributed by atoms with Crippen LogP contribution in [0.5, 0.6) is 5.88 Å². The molecule has 2 atom stereocenters. The van der Waals surface area contributed by atoms with Crippen LogP contribution in [0.3, 0.4) is 0 Å². The summed E-state index contributed by atoms with van der Waals surface area (Å²) in [5, 5.41) is 0. The summed E-state index contributed by atoms with van der Waals surface area (Å²) in [5.41, 5.74) is 2.83. The van der Waals surface area contributed by atoms with Gasteiger partial charge in [0.2, 0.25) is 5.88 Å². The highest BCUT2D eigenvalue weighted by molar-refractivity contribution is 5.38. The van der Waals surface area contributed by atoms with Gasteiger partial charge < -0.3 is 4.74 Å². The summed E-state index contributed by atoms with van der Waals surface area (Å²) >= 11 is 0. The van der Waals surface area contributed by atoms with E-state index >= 15 is 0 Å². The van der Waals surface area contributed by atoms with Crippen molar-refractivity contribution in [1.29, 1.82) is 0 Å². The van der Waals surface area contributed by atoms with Crippen LogP contribution in [0.4, 0.5) is 0 Å². The smallest absolute Gasteiger partial charge is 0.213 e. The van der Waals surface area contributed by atoms with Crippen molar-refractivity contribution in [3.63, 3.8) is 0 Å². The standard InChI is InChI=1S/C13H19NO/c1-8(2)15-13-6-11-9(3)5-10(4)12(11)7-14-13/h6-10H,5H2,1-4H3. The van der Waals surface area contributed by atoms with Crippen molar-refractivity contribution >= 4 is 0 Å². The molecule has 0 N–H and O–H groups in total. The summed E-state index contributed by atoms with van der Waals surface area (Å²) in [7, 11) is 0. The van der Waals surface area contributed by atoms with Crippen LogP contribution < -0.4 is 4.74 Å². The van der Waals surface area contributed by atoms with Gasteiger partial charge in [0, 0.05) is 12.3 Å². The van der Waals surface area contributed by atoms with Crippen LogP contribution in [-0.2, 0) is 0 Å². The van der Waals surface area contributed by atoms with Crippen molar-refractivity contribution in [3.05, 3.63) is 23.4 Å². The minimum absolute atomic E-state index is 0.199. The normalized spacial score (nSPS) is 24.3. The summed E-state index contributed by atoms with van der Waals surface area (Å²) in [4.78, 5) is 4.35. The van der Waals surface area contributed by atoms with Crippen molar-refractivity contribution in [2.24, 2.45) is 0 Å². The van der Waals surface area contributed by atoms with Crippen molar-refractivity contribution in [3.8, 4) is 5.88 Å². The number of rotatable bonds is 2. The molecule has 0 bridgehead atoms. The molecule has 1 heterocycles. The van der Waals surface area contributed by atoms with Crippen LogP contribution in [-0.4, -0.2) is 11.1 Å². The maximum absolute atomic E-state index is 5.61. The molecule has 1 aliphatic carbocycles. The minimum atomic E-state index is 0.199. The van der Waals surface area contributed by atoms with E-state index in [1.165, 1.54) is 17.5 Å². The summed E-state index contributed by atoms with van der Waals surface area (Å²) in [6, 6.07) is 2.11. The van der Waals surface area contributed by atoms with Gasteiger partial charge in [-0.1, -0.05) is 13.8 Å². The van der Waals surface area contributed by atoms with E-state index in [9.17, 15) is 0 Å². The van der Waals surface area contributed by atoms with Crippen LogP contribution in [0, 0.1) is 0 Å². The number of nitrogens with zero attached hydrogens (tertiary/aromatic N) is 1. The van der Waals surface area contributed by atoms with E-state index < -0.39 is 0 Å². The minimum Gasteiger partial charge on any atom is -0.475 e. The molecule has 1 aromatic rings. The Bertz CT molecular complexity index is 360. The zero-order chi connectivity index (χ0) is 11.0. The van der Waals surface area contributed by atoms with Crippen LogP contribution in [0.1, 0.15) is 57.1 Å². The third-order valence-corrected chi connectivity index (χ3v) is 3.07. The molecule has 2 heteroatoms. The summed E-state index contributed by atoms with van der Waals surface area (Å²) in [5.74, 6) is 2.06. The Morgan fingerprint density at radius 2 is 1.93 bits per heavy atom. The highest BCUT2D eigenvalue weighted by Gasteiger charge is 2.25. The molecule has 82 valence electrons. The average molecular weight is 205 g/mol. The van der Waals surface area contributed by atoms with Gasteiger partial charge in [-0.15, -0.1) is 0 Å². The molecule has 0 saturated carbocycles. The Kier molecular flexibility index (Phi) is 2.68. The fourth-order valence-electron chi connectivity index (χ4n) is 2.39. The highest BCUT2D eigenvalue weighted by Crippen LogP contribution is 2.41. The monoisotopic (exact) mass is 205 g/mol. The lowest BCUT2D eigenvalue weighted by atomic mass is 10.1. The Labute approximate surface area is 91.7 Å². The van der Waals surface area contributed by atoms with Crippen LogP contribution >= 0.6 is 0 Å². The largest absolute Gasteiger partial charge is 0.475 e. The fraction of sp³-hybridized carbons (Fsp3) is 0.615. The van der Waals surface area contributed by atoms with E-state index in [-0.39, 0.29) is 6.10 Å². The van der Waals surface area contributed by atoms with E-state index in [1.807, 2.05) is 20.0 Å². The summed E-state index contributed by atoms with van der Waals surface area (Å²) < 4.78 is 5.61. The molecule has 1 aliphatic rings. The predicted molar refractivity (Wildman–Crippen MR) is 61.4 cm³/mol. The predicted octanol–water partition coefficient (Wildman–Crippen LogP) is 3.48. The lowest BCUT2D eigenvalue weighted by Crippen LogP contribution is -2.07. The molecule has 2 nitrogen and oxygen atoms in total. The first kappa shape index (κ1) is 10.5. The highest BCUT2D eigenvalue weighted by atomic mass is 16.5. The number of hydrogen-bond donors (Lipinski definition) is 0. The fourth-order valence-corrected chi connectivity index (χ4v) is 2.39. The van der Waals surface area contributed by atoms with Gasteiger partial charge in [0.1, 0.15) is 0 Å². The van der Waals surface area contributed by atoms with E-state index in [0.717, 1.165) is 5.88 Å². The molecule has 15 heavy (non-hydrogen) atoms. The molecule has 0 aliphatic heterocycles. The second-order valence-corrected chi connectivity index (χ2v) is 4.86. The Morgan fingerprint density at radius 1 is 1.27 bits per heavy atom. The second kappa shape index (κ2) is 3.84. The van der Waals surface area contributed by atoms with Crippen molar-refractivity contribution in [2.45, 2.75) is 52.1 Å². The SMILES string of the molecule is CC(C)Oc1cc2c(cn1)C(C)CC2C. The quantitative estimate of drug-likeness (QED) is 0.737. The van der Waals surface area contributed by atoms with Gasteiger partial charge in [-0.25, -0.2) is 4.98 Å². The van der Waals surface area contributed by atoms with E-state index in [1.54, 1.807) is 0 Å². The zero-order valence-electron chi connectivity index (χ0n) is 9.95. The van der Waals surface area contributed by atoms with E-state index in [0.29, 0.717) is 11.8 Å². The summed E-state index contributed by atoms with van der Waals surface area (Å²) in [6.07, 6.45) is 3.42. The lowest BCUT2D eigenvalue weighted by molar-refractivity contribution is 0.232. The van der Waals surface area contributed by atoms with Crippen LogP contribution in [0.2, 0.25) is 0 Å². The molecule has 2 unspecified atom stereocenters. The molecule has 0 amide bonds. The van der Waals surface area contributed by atoms with Crippen LogP contribution in [0.15, 0.2) is 12.3 Å². The molecule has 0 radical (unpaired) electrons. The Balaban J connectivity index is 2.30. The number of pyridine rings is 1. The average Bonchev–Trinajstić information content (AvgIpc) is 2.41. The van der Waals surface area contributed by atoms with E-state index in [4.69, 9.17) is 4.74 Å². The first-order chi connectivity index (χ1) is 7.08. The third-order valence-electron chi connectivity index (χ3n) is 3.07. The molecular formula is C13H19NO. The third kappa shape index (κ3) is 1.99. The molecule has 0 fully saturated rings. The number of aromatic nitrogens is 1.